The first-order valence-corrected chi connectivity index (χ1v) is 14.5. The molecule has 0 atom stereocenters. The highest BCUT2D eigenvalue weighted by Crippen LogP contribution is 2.24. The summed E-state index contributed by atoms with van der Waals surface area (Å²) in [5, 5.41) is 8.43. The predicted octanol–water partition coefficient (Wildman–Crippen LogP) is 5.09. The first kappa shape index (κ1) is 29.1. The van der Waals surface area contributed by atoms with Crippen LogP contribution in [-0.4, -0.2) is 47.3 Å². The van der Waals surface area contributed by atoms with E-state index in [2.05, 4.69) is 16.0 Å². The van der Waals surface area contributed by atoms with Gasteiger partial charge < -0.3 is 16.0 Å². The topological polar surface area (TPSA) is 108 Å². The van der Waals surface area contributed by atoms with E-state index in [1.807, 2.05) is 31.2 Å². The normalized spacial score (nSPS) is 16.6. The third-order valence-corrected chi connectivity index (χ3v) is 7.68. The number of urea groups is 1. The Morgan fingerprint density at radius 3 is 2.10 bits per heavy atom. The number of rotatable bonds is 8. The molecule has 40 heavy (non-hydrogen) atoms. The van der Waals surface area contributed by atoms with Gasteiger partial charge in [0.1, 0.15) is 5.70 Å². The number of carbonyl (C=O) groups is 4. The van der Waals surface area contributed by atoms with Crippen LogP contribution in [0.1, 0.15) is 85.7 Å². The predicted molar refractivity (Wildman–Crippen MR) is 155 cm³/mol. The molecule has 0 spiro atoms. The van der Waals surface area contributed by atoms with Gasteiger partial charge in [-0.1, -0.05) is 86.6 Å². The average molecular weight is 545 g/mol. The molecule has 0 aromatic heterocycles. The fourth-order valence-corrected chi connectivity index (χ4v) is 5.42. The zero-order valence-electron chi connectivity index (χ0n) is 23.3. The van der Waals surface area contributed by atoms with E-state index in [1.165, 1.54) is 11.3 Å². The Balaban J connectivity index is 1.47. The summed E-state index contributed by atoms with van der Waals surface area (Å²) in [5.74, 6) is -1.48. The van der Waals surface area contributed by atoms with E-state index in [4.69, 9.17) is 0 Å². The fraction of sp³-hybridized carbons (Fsp3) is 0.438. The van der Waals surface area contributed by atoms with Crippen molar-refractivity contribution < 1.29 is 19.2 Å². The van der Waals surface area contributed by atoms with Crippen molar-refractivity contribution in [3.8, 4) is 0 Å². The summed E-state index contributed by atoms with van der Waals surface area (Å²) in [4.78, 5) is 54.3. The van der Waals surface area contributed by atoms with Gasteiger partial charge in [0.05, 0.1) is 6.54 Å². The maximum absolute atomic E-state index is 13.4. The van der Waals surface area contributed by atoms with Gasteiger partial charge in [-0.15, -0.1) is 0 Å². The average Bonchev–Trinajstić information content (AvgIpc) is 2.98. The molecule has 8 nitrogen and oxygen atoms in total. The Hall–Kier alpha value is -3.94. The highest BCUT2D eigenvalue weighted by Gasteiger charge is 2.32. The van der Waals surface area contributed by atoms with Gasteiger partial charge in [-0.2, -0.15) is 0 Å². The zero-order chi connectivity index (χ0) is 28.3. The monoisotopic (exact) mass is 544 g/mol. The van der Waals surface area contributed by atoms with E-state index < -0.39 is 17.7 Å². The molecule has 2 aliphatic rings. The number of aryl methyl sites for hydroxylation is 1. The molecule has 0 aliphatic heterocycles. The van der Waals surface area contributed by atoms with Crippen molar-refractivity contribution in [2.45, 2.75) is 83.2 Å². The number of benzene rings is 2. The van der Waals surface area contributed by atoms with E-state index in [0.717, 1.165) is 68.9 Å². The molecule has 0 radical (unpaired) electrons. The Kier molecular flexibility index (Phi) is 10.5. The van der Waals surface area contributed by atoms with E-state index >= 15 is 0 Å². The largest absolute Gasteiger partial charge is 0.342 e. The van der Waals surface area contributed by atoms with Crippen LogP contribution in [-0.2, 0) is 9.59 Å². The molecule has 212 valence electrons. The van der Waals surface area contributed by atoms with Crippen LogP contribution in [0.5, 0.6) is 0 Å². The van der Waals surface area contributed by atoms with Crippen molar-refractivity contribution in [3.05, 3.63) is 77.0 Å². The van der Waals surface area contributed by atoms with Crippen LogP contribution < -0.4 is 16.0 Å². The molecule has 0 saturated heterocycles. The summed E-state index contributed by atoms with van der Waals surface area (Å²) in [5.41, 5.74) is 2.22. The van der Waals surface area contributed by atoms with Crippen LogP contribution in [0.4, 0.5) is 4.79 Å². The minimum atomic E-state index is -0.602. The summed E-state index contributed by atoms with van der Waals surface area (Å²) >= 11 is 0. The Morgan fingerprint density at radius 2 is 1.45 bits per heavy atom. The van der Waals surface area contributed by atoms with E-state index in [1.54, 1.807) is 36.4 Å². The standard InChI is InChI=1S/C32H40N4O4/c1-23-17-19-24(20-18-23)21-28(35-30(38)25-11-5-2-6-12-25)31(39)33-22-29(37)36(27-15-9-4-10-16-27)32(40)34-26-13-7-3-8-14-26/h2,5-6,11-12,17-21,26-27H,3-4,7-10,13-16,22H2,1H3,(H,33,39)(H,34,40)(H,35,38)/b28-21+. The molecule has 2 fully saturated rings. The van der Waals surface area contributed by atoms with Crippen LogP contribution in [0.15, 0.2) is 60.3 Å². The van der Waals surface area contributed by atoms with Crippen molar-refractivity contribution in [2.75, 3.05) is 6.54 Å². The smallest absolute Gasteiger partial charge is 0.324 e. The zero-order valence-corrected chi connectivity index (χ0v) is 23.3. The van der Waals surface area contributed by atoms with Gasteiger partial charge in [-0.25, -0.2) is 4.79 Å². The summed E-state index contributed by atoms with van der Waals surface area (Å²) in [7, 11) is 0. The summed E-state index contributed by atoms with van der Waals surface area (Å²) in [6.45, 7) is 1.62. The Morgan fingerprint density at radius 1 is 0.825 bits per heavy atom. The van der Waals surface area contributed by atoms with Gasteiger partial charge in [-0.05, 0) is 56.4 Å². The minimum Gasteiger partial charge on any atom is -0.342 e. The number of amides is 5. The molecule has 5 amide bonds. The molecule has 2 aromatic carbocycles. The van der Waals surface area contributed by atoms with Gasteiger partial charge in [0.2, 0.25) is 5.91 Å². The second-order valence-corrected chi connectivity index (χ2v) is 10.8. The lowest BCUT2D eigenvalue weighted by atomic mass is 9.93. The molecule has 4 rings (SSSR count). The second kappa shape index (κ2) is 14.4. The lowest BCUT2D eigenvalue weighted by Crippen LogP contribution is -2.55. The first-order chi connectivity index (χ1) is 19.4. The van der Waals surface area contributed by atoms with Gasteiger partial charge >= 0.3 is 6.03 Å². The fourth-order valence-electron chi connectivity index (χ4n) is 5.42. The molecule has 2 saturated carbocycles. The molecule has 3 N–H and O–H groups in total. The maximum Gasteiger partial charge on any atom is 0.324 e. The molecular weight excluding hydrogens is 504 g/mol. The second-order valence-electron chi connectivity index (χ2n) is 10.8. The number of carbonyl (C=O) groups excluding carboxylic acids is 4. The minimum absolute atomic E-state index is 0.0152. The molecule has 0 unspecified atom stereocenters. The van der Waals surface area contributed by atoms with Crippen LogP contribution in [0.25, 0.3) is 6.08 Å². The molecule has 0 heterocycles. The number of hydrogen-bond acceptors (Lipinski definition) is 4. The Labute approximate surface area is 236 Å². The quantitative estimate of drug-likeness (QED) is 0.403. The third-order valence-electron chi connectivity index (χ3n) is 7.68. The molecule has 0 bridgehead atoms. The number of hydrogen-bond donors (Lipinski definition) is 3. The van der Waals surface area contributed by atoms with Gasteiger partial charge in [0.25, 0.3) is 11.8 Å². The SMILES string of the molecule is Cc1ccc(/C=C(/NC(=O)c2ccccc2)C(=O)NCC(=O)N(C(=O)NC2CCCCC2)C2CCCCC2)cc1. The van der Waals surface area contributed by atoms with Crippen molar-refractivity contribution in [1.29, 1.82) is 0 Å². The summed E-state index contributed by atoms with van der Waals surface area (Å²) < 4.78 is 0. The maximum atomic E-state index is 13.4. The van der Waals surface area contributed by atoms with Gasteiger partial charge in [0, 0.05) is 17.6 Å². The lowest BCUT2D eigenvalue weighted by Gasteiger charge is -2.34. The highest BCUT2D eigenvalue weighted by molar-refractivity contribution is 6.06. The van der Waals surface area contributed by atoms with E-state index in [-0.39, 0.29) is 30.4 Å². The van der Waals surface area contributed by atoms with Crippen molar-refractivity contribution in [1.82, 2.24) is 20.9 Å². The van der Waals surface area contributed by atoms with Crippen LogP contribution >= 0.6 is 0 Å². The number of nitrogens with one attached hydrogen (secondary N) is 3. The van der Waals surface area contributed by atoms with Crippen molar-refractivity contribution in [2.24, 2.45) is 0 Å². The third kappa shape index (κ3) is 8.28. The number of nitrogens with zero attached hydrogens (tertiary/aromatic N) is 1. The van der Waals surface area contributed by atoms with E-state index in [0.29, 0.717) is 5.56 Å². The van der Waals surface area contributed by atoms with Crippen LogP contribution in [0, 0.1) is 6.92 Å². The summed E-state index contributed by atoms with van der Waals surface area (Å²) in [6, 6.07) is 15.7. The van der Waals surface area contributed by atoms with Crippen molar-refractivity contribution >= 4 is 29.8 Å². The first-order valence-electron chi connectivity index (χ1n) is 14.5. The summed E-state index contributed by atoms with van der Waals surface area (Å²) in [6.07, 6.45) is 11.3. The number of imide groups is 1. The molecule has 8 heteroatoms. The molecule has 2 aromatic rings. The Bertz CT molecular complexity index is 1200. The van der Waals surface area contributed by atoms with Crippen LogP contribution in [0.2, 0.25) is 0 Å². The van der Waals surface area contributed by atoms with Crippen LogP contribution in [0.3, 0.4) is 0 Å². The highest BCUT2D eigenvalue weighted by atomic mass is 16.2. The van der Waals surface area contributed by atoms with Gasteiger partial charge in [0.15, 0.2) is 0 Å². The molecular formula is C32H40N4O4. The lowest BCUT2D eigenvalue weighted by molar-refractivity contribution is -0.131. The van der Waals surface area contributed by atoms with Gasteiger partial charge in [-0.3, -0.25) is 19.3 Å². The van der Waals surface area contributed by atoms with E-state index in [9.17, 15) is 19.2 Å². The molecule has 2 aliphatic carbocycles. The van der Waals surface area contributed by atoms with Crippen molar-refractivity contribution in [3.63, 3.8) is 0 Å².